The molecule has 0 saturated heterocycles. The second kappa shape index (κ2) is 4.60. The van der Waals surface area contributed by atoms with Gasteiger partial charge in [0, 0.05) is 6.20 Å². The molecule has 0 radical (unpaired) electrons. The third-order valence-corrected chi connectivity index (χ3v) is 3.64. The molecule has 80 valence electrons. The summed E-state index contributed by atoms with van der Waals surface area (Å²) >= 11 is 7.43. The van der Waals surface area contributed by atoms with Crippen LogP contribution in [0.4, 0.5) is 0 Å². The van der Waals surface area contributed by atoms with Gasteiger partial charge in [0.2, 0.25) is 0 Å². The minimum absolute atomic E-state index is 0.385. The molecule has 2 rings (SSSR count). The van der Waals surface area contributed by atoms with Crippen LogP contribution >= 0.6 is 23.4 Å². The van der Waals surface area contributed by atoms with Crippen LogP contribution in [-0.2, 0) is 0 Å². The Labute approximate surface area is 102 Å². The van der Waals surface area contributed by atoms with Crippen molar-refractivity contribution in [2.75, 3.05) is 0 Å². The van der Waals surface area contributed by atoms with Crippen molar-refractivity contribution >= 4 is 23.4 Å². The molecule has 0 saturated carbocycles. The molecule has 0 aliphatic heterocycles. The summed E-state index contributed by atoms with van der Waals surface area (Å²) in [7, 11) is 0. The fourth-order valence-electron chi connectivity index (χ4n) is 1.17. The molecule has 2 aromatic rings. The van der Waals surface area contributed by atoms with E-state index in [1.54, 1.807) is 18.5 Å². The van der Waals surface area contributed by atoms with Crippen LogP contribution in [0.2, 0.25) is 5.02 Å². The first-order chi connectivity index (χ1) is 7.72. The zero-order valence-corrected chi connectivity index (χ0v) is 9.97. The third-order valence-electron chi connectivity index (χ3n) is 2.00. The summed E-state index contributed by atoms with van der Waals surface area (Å²) in [5, 5.41) is 9.83. The summed E-state index contributed by atoms with van der Waals surface area (Å²) in [6.07, 6.45) is 3.18. The van der Waals surface area contributed by atoms with Crippen molar-refractivity contribution in [1.82, 2.24) is 4.98 Å². The first-order valence-corrected chi connectivity index (χ1v) is 5.68. The van der Waals surface area contributed by atoms with Crippen LogP contribution in [0, 0.1) is 18.3 Å². The fraction of sp³-hybridized carbons (Fsp3) is 0.0909. The Kier molecular flexibility index (Phi) is 3.18. The molecule has 2 aromatic heterocycles. The van der Waals surface area contributed by atoms with E-state index < -0.39 is 0 Å². The topological polar surface area (TPSA) is 49.8 Å². The van der Waals surface area contributed by atoms with Crippen LogP contribution in [0.3, 0.4) is 0 Å². The van der Waals surface area contributed by atoms with Crippen molar-refractivity contribution in [3.8, 4) is 6.07 Å². The molecule has 0 fully saturated rings. The quantitative estimate of drug-likeness (QED) is 0.816. The molecule has 0 aromatic carbocycles. The SMILES string of the molecule is Cc1occc1Sc1nccc(C#N)c1Cl. The molecule has 0 bridgehead atoms. The van der Waals surface area contributed by atoms with Crippen molar-refractivity contribution in [2.45, 2.75) is 16.8 Å². The van der Waals surface area contributed by atoms with Gasteiger partial charge in [0.15, 0.2) is 0 Å². The van der Waals surface area contributed by atoms with Crippen LogP contribution < -0.4 is 0 Å². The van der Waals surface area contributed by atoms with Crippen LogP contribution in [-0.4, -0.2) is 4.98 Å². The van der Waals surface area contributed by atoms with Gasteiger partial charge in [-0.25, -0.2) is 4.98 Å². The predicted molar refractivity (Wildman–Crippen MR) is 61.5 cm³/mol. The molecular weight excluding hydrogens is 244 g/mol. The number of aryl methyl sites for hydroxylation is 1. The summed E-state index contributed by atoms with van der Waals surface area (Å²) in [5.74, 6) is 0.810. The zero-order valence-electron chi connectivity index (χ0n) is 8.40. The number of aromatic nitrogens is 1. The molecule has 0 aliphatic carbocycles. The lowest BCUT2D eigenvalue weighted by Gasteiger charge is -2.02. The number of hydrogen-bond acceptors (Lipinski definition) is 4. The maximum Gasteiger partial charge on any atom is 0.121 e. The van der Waals surface area contributed by atoms with E-state index in [2.05, 4.69) is 4.98 Å². The highest BCUT2D eigenvalue weighted by Gasteiger charge is 2.11. The van der Waals surface area contributed by atoms with Gasteiger partial charge >= 0.3 is 0 Å². The number of furan rings is 1. The molecule has 0 amide bonds. The average Bonchev–Trinajstić information content (AvgIpc) is 2.68. The molecule has 0 atom stereocenters. The van der Waals surface area contributed by atoms with E-state index >= 15 is 0 Å². The lowest BCUT2D eigenvalue weighted by atomic mass is 10.3. The lowest BCUT2D eigenvalue weighted by Crippen LogP contribution is -1.85. The van der Waals surface area contributed by atoms with E-state index in [4.69, 9.17) is 21.3 Å². The Bertz CT molecular complexity index is 559. The highest BCUT2D eigenvalue weighted by molar-refractivity contribution is 7.99. The predicted octanol–water partition coefficient (Wildman–Crippen LogP) is 3.66. The molecule has 0 aliphatic rings. The molecule has 0 spiro atoms. The standard InChI is InChI=1S/C11H7ClN2OS/c1-7-9(3-5-15-7)16-11-10(12)8(6-13)2-4-14-11/h2-5H,1H3. The van der Waals surface area contributed by atoms with E-state index in [0.717, 1.165) is 10.7 Å². The largest absolute Gasteiger partial charge is 0.468 e. The minimum atomic E-state index is 0.385. The molecule has 0 unspecified atom stereocenters. The highest BCUT2D eigenvalue weighted by Crippen LogP contribution is 2.34. The zero-order chi connectivity index (χ0) is 11.5. The van der Waals surface area contributed by atoms with Gasteiger partial charge < -0.3 is 4.42 Å². The van der Waals surface area contributed by atoms with Gasteiger partial charge in [-0.15, -0.1) is 0 Å². The second-order valence-corrected chi connectivity index (χ2v) is 4.44. The normalized spacial score (nSPS) is 10.1. The summed E-state index contributed by atoms with van der Waals surface area (Å²) in [6.45, 7) is 1.87. The van der Waals surface area contributed by atoms with E-state index in [0.29, 0.717) is 15.6 Å². The van der Waals surface area contributed by atoms with E-state index in [9.17, 15) is 0 Å². The number of halogens is 1. The second-order valence-electron chi connectivity index (χ2n) is 3.03. The third kappa shape index (κ3) is 2.06. The van der Waals surface area contributed by atoms with Gasteiger partial charge in [0.25, 0.3) is 0 Å². The molecule has 5 heteroatoms. The summed E-state index contributed by atoms with van der Waals surface area (Å²) in [5.41, 5.74) is 0.431. The van der Waals surface area contributed by atoms with Crippen molar-refractivity contribution < 1.29 is 4.42 Å². The van der Waals surface area contributed by atoms with Gasteiger partial charge in [-0.3, -0.25) is 0 Å². The van der Waals surface area contributed by atoms with Crippen molar-refractivity contribution in [3.05, 3.63) is 40.9 Å². The van der Waals surface area contributed by atoms with E-state index in [-0.39, 0.29) is 0 Å². The summed E-state index contributed by atoms with van der Waals surface area (Å²) in [6, 6.07) is 5.46. The van der Waals surface area contributed by atoms with Gasteiger partial charge in [-0.1, -0.05) is 23.4 Å². The number of pyridine rings is 1. The number of hydrogen-bond donors (Lipinski definition) is 0. The van der Waals surface area contributed by atoms with Crippen LogP contribution in [0.15, 0.2) is 38.9 Å². The first-order valence-electron chi connectivity index (χ1n) is 4.49. The van der Waals surface area contributed by atoms with Gasteiger partial charge in [-0.2, -0.15) is 5.26 Å². The Hall–Kier alpha value is -1.44. The molecule has 16 heavy (non-hydrogen) atoms. The van der Waals surface area contributed by atoms with Crippen LogP contribution in [0.1, 0.15) is 11.3 Å². The smallest absolute Gasteiger partial charge is 0.121 e. The van der Waals surface area contributed by atoms with E-state index in [1.165, 1.54) is 11.8 Å². The van der Waals surface area contributed by atoms with Crippen molar-refractivity contribution in [3.63, 3.8) is 0 Å². The molecular formula is C11H7ClN2OS. The molecule has 0 N–H and O–H groups in total. The Morgan fingerprint density at radius 3 is 2.94 bits per heavy atom. The number of nitrogens with zero attached hydrogens (tertiary/aromatic N) is 2. The average molecular weight is 251 g/mol. The van der Waals surface area contributed by atoms with Gasteiger partial charge in [0.05, 0.1) is 21.7 Å². The first kappa shape index (κ1) is 11.1. The lowest BCUT2D eigenvalue weighted by molar-refractivity contribution is 0.527. The Balaban J connectivity index is 2.36. The summed E-state index contributed by atoms with van der Waals surface area (Å²) < 4.78 is 5.18. The van der Waals surface area contributed by atoms with Gasteiger partial charge in [0.1, 0.15) is 16.9 Å². The van der Waals surface area contributed by atoms with Crippen LogP contribution in [0.5, 0.6) is 0 Å². The minimum Gasteiger partial charge on any atom is -0.468 e. The Morgan fingerprint density at radius 1 is 1.50 bits per heavy atom. The van der Waals surface area contributed by atoms with Crippen molar-refractivity contribution in [2.24, 2.45) is 0 Å². The van der Waals surface area contributed by atoms with E-state index in [1.807, 2.05) is 19.1 Å². The Morgan fingerprint density at radius 2 is 2.31 bits per heavy atom. The van der Waals surface area contributed by atoms with Gasteiger partial charge in [-0.05, 0) is 19.1 Å². The maximum atomic E-state index is 8.83. The number of nitriles is 1. The maximum absolute atomic E-state index is 8.83. The van der Waals surface area contributed by atoms with Crippen molar-refractivity contribution in [1.29, 1.82) is 5.26 Å². The molecule has 2 heterocycles. The summed E-state index contributed by atoms with van der Waals surface area (Å²) in [4.78, 5) is 5.09. The fourth-order valence-corrected chi connectivity index (χ4v) is 2.27. The molecule has 3 nitrogen and oxygen atoms in total. The van der Waals surface area contributed by atoms with Crippen LogP contribution in [0.25, 0.3) is 0 Å². The number of rotatable bonds is 2. The monoisotopic (exact) mass is 250 g/mol. The highest BCUT2D eigenvalue weighted by atomic mass is 35.5.